The second-order valence-corrected chi connectivity index (χ2v) is 5.71. The highest BCUT2D eigenvalue weighted by Crippen LogP contribution is 2.22. The molecule has 0 saturated carbocycles. The topological polar surface area (TPSA) is 73.0 Å². The molecular formula is C16H24N4O2. The Labute approximate surface area is 130 Å². The Morgan fingerprint density at radius 1 is 1.45 bits per heavy atom. The molecule has 0 unspecified atom stereocenters. The van der Waals surface area contributed by atoms with Crippen LogP contribution in [0.3, 0.4) is 0 Å². The third kappa shape index (κ3) is 3.75. The van der Waals surface area contributed by atoms with Gasteiger partial charge < -0.3 is 9.84 Å². The van der Waals surface area contributed by atoms with E-state index in [1.54, 1.807) is 16.9 Å². The first-order valence-electron chi connectivity index (χ1n) is 7.79. The van der Waals surface area contributed by atoms with Crippen molar-refractivity contribution < 1.29 is 9.32 Å². The van der Waals surface area contributed by atoms with Crippen molar-refractivity contribution in [2.75, 3.05) is 0 Å². The number of nitrogens with zero attached hydrogens (tertiary/aromatic N) is 3. The molecular weight excluding hydrogens is 280 g/mol. The Bertz CT molecular complexity index is 630. The maximum Gasteiger partial charge on any atom is 0.290 e. The van der Waals surface area contributed by atoms with Crippen molar-refractivity contribution in [2.24, 2.45) is 7.05 Å². The van der Waals surface area contributed by atoms with Crippen LogP contribution in [0.25, 0.3) is 11.3 Å². The lowest BCUT2D eigenvalue weighted by Crippen LogP contribution is -2.32. The summed E-state index contributed by atoms with van der Waals surface area (Å²) in [6.45, 7) is 6.13. The van der Waals surface area contributed by atoms with E-state index in [0.717, 1.165) is 24.1 Å². The fourth-order valence-corrected chi connectivity index (χ4v) is 2.33. The van der Waals surface area contributed by atoms with Crippen molar-refractivity contribution in [1.29, 1.82) is 0 Å². The number of amides is 1. The van der Waals surface area contributed by atoms with E-state index >= 15 is 0 Å². The lowest BCUT2D eigenvalue weighted by molar-refractivity contribution is 0.0900. The molecule has 2 rings (SSSR count). The van der Waals surface area contributed by atoms with E-state index in [-0.39, 0.29) is 17.7 Å². The van der Waals surface area contributed by atoms with Crippen molar-refractivity contribution in [2.45, 2.75) is 52.5 Å². The SMILES string of the molecule is CCCCC[C@@H](C)NC(=O)c1cc(-c2cnn(C)c2C)no1. The molecule has 0 aliphatic carbocycles. The first-order valence-corrected chi connectivity index (χ1v) is 7.79. The molecule has 0 aromatic carbocycles. The van der Waals surface area contributed by atoms with Gasteiger partial charge in [-0.25, -0.2) is 0 Å². The van der Waals surface area contributed by atoms with Crippen LogP contribution in [-0.2, 0) is 7.05 Å². The largest absolute Gasteiger partial charge is 0.350 e. The van der Waals surface area contributed by atoms with E-state index in [1.807, 2.05) is 20.9 Å². The minimum absolute atomic E-state index is 0.132. The van der Waals surface area contributed by atoms with Crippen LogP contribution in [0.15, 0.2) is 16.8 Å². The minimum atomic E-state index is -0.218. The Balaban J connectivity index is 1.99. The second kappa shape index (κ2) is 7.24. The summed E-state index contributed by atoms with van der Waals surface area (Å²) in [6.07, 6.45) is 6.18. The third-order valence-electron chi connectivity index (χ3n) is 3.86. The van der Waals surface area contributed by atoms with Crippen molar-refractivity contribution >= 4 is 5.91 Å². The monoisotopic (exact) mass is 304 g/mol. The molecule has 1 amide bonds. The van der Waals surface area contributed by atoms with Gasteiger partial charge >= 0.3 is 0 Å². The Hall–Kier alpha value is -2.11. The van der Waals surface area contributed by atoms with Gasteiger partial charge in [-0.2, -0.15) is 5.10 Å². The van der Waals surface area contributed by atoms with Crippen molar-refractivity contribution in [1.82, 2.24) is 20.3 Å². The van der Waals surface area contributed by atoms with Crippen LogP contribution in [0.5, 0.6) is 0 Å². The van der Waals surface area contributed by atoms with Gasteiger partial charge in [-0.1, -0.05) is 31.3 Å². The first-order chi connectivity index (χ1) is 10.5. The van der Waals surface area contributed by atoms with Crippen molar-refractivity contribution in [3.05, 3.63) is 23.7 Å². The summed E-state index contributed by atoms with van der Waals surface area (Å²) < 4.78 is 6.94. The fourth-order valence-electron chi connectivity index (χ4n) is 2.33. The maximum absolute atomic E-state index is 12.2. The van der Waals surface area contributed by atoms with Crippen molar-refractivity contribution in [3.8, 4) is 11.3 Å². The molecule has 2 aromatic heterocycles. The lowest BCUT2D eigenvalue weighted by Gasteiger charge is -2.11. The van der Waals surface area contributed by atoms with Crippen molar-refractivity contribution in [3.63, 3.8) is 0 Å². The lowest BCUT2D eigenvalue weighted by atomic mass is 10.1. The van der Waals surface area contributed by atoms with Gasteiger partial charge in [0.2, 0.25) is 5.76 Å². The highest BCUT2D eigenvalue weighted by Gasteiger charge is 2.18. The Morgan fingerprint density at radius 2 is 2.23 bits per heavy atom. The van der Waals surface area contributed by atoms with E-state index in [0.29, 0.717) is 5.69 Å². The van der Waals surface area contributed by atoms with Crippen LogP contribution in [0.4, 0.5) is 0 Å². The number of carbonyl (C=O) groups is 1. The first kappa shape index (κ1) is 16.3. The highest BCUT2D eigenvalue weighted by molar-refractivity contribution is 5.92. The summed E-state index contributed by atoms with van der Waals surface area (Å²) in [5.41, 5.74) is 2.49. The number of hydrogen-bond donors (Lipinski definition) is 1. The number of aromatic nitrogens is 3. The van der Waals surface area contributed by atoms with Gasteiger partial charge in [0.1, 0.15) is 5.69 Å². The van der Waals surface area contributed by atoms with Gasteiger partial charge in [0.15, 0.2) is 0 Å². The number of nitrogens with one attached hydrogen (secondary N) is 1. The smallest absolute Gasteiger partial charge is 0.290 e. The fraction of sp³-hybridized carbons (Fsp3) is 0.562. The summed E-state index contributed by atoms with van der Waals surface area (Å²) in [7, 11) is 1.87. The maximum atomic E-state index is 12.2. The third-order valence-corrected chi connectivity index (χ3v) is 3.86. The van der Waals surface area contributed by atoms with E-state index in [4.69, 9.17) is 4.52 Å². The Kier molecular flexibility index (Phi) is 5.35. The molecule has 2 heterocycles. The zero-order valence-corrected chi connectivity index (χ0v) is 13.7. The predicted octanol–water partition coefficient (Wildman–Crippen LogP) is 3.08. The number of hydrogen-bond acceptors (Lipinski definition) is 4. The normalized spacial score (nSPS) is 12.4. The number of carbonyl (C=O) groups excluding carboxylic acids is 1. The zero-order valence-electron chi connectivity index (χ0n) is 13.7. The molecule has 22 heavy (non-hydrogen) atoms. The molecule has 6 heteroatoms. The van der Waals surface area contributed by atoms with Crippen LogP contribution in [0.2, 0.25) is 0 Å². The average Bonchev–Trinajstić information content (AvgIpc) is 3.08. The minimum Gasteiger partial charge on any atom is -0.350 e. The molecule has 0 spiro atoms. The van der Waals surface area contributed by atoms with Crippen LogP contribution >= 0.6 is 0 Å². The summed E-state index contributed by atoms with van der Waals surface area (Å²) in [6, 6.07) is 1.80. The average molecular weight is 304 g/mol. The summed E-state index contributed by atoms with van der Waals surface area (Å²) in [5.74, 6) is 0.0184. The molecule has 1 N–H and O–H groups in total. The van der Waals surface area contributed by atoms with Gasteiger partial charge in [0.25, 0.3) is 5.91 Å². The molecule has 2 aromatic rings. The molecule has 1 atom stereocenters. The number of aryl methyl sites for hydroxylation is 1. The molecule has 0 bridgehead atoms. The molecule has 0 fully saturated rings. The number of rotatable bonds is 7. The molecule has 0 aliphatic heterocycles. The van der Waals surface area contributed by atoms with Crippen LogP contribution in [0.1, 0.15) is 55.8 Å². The summed E-state index contributed by atoms with van der Waals surface area (Å²) >= 11 is 0. The molecule has 0 saturated heterocycles. The molecule has 0 aliphatic rings. The Morgan fingerprint density at radius 3 is 2.86 bits per heavy atom. The van der Waals surface area contributed by atoms with Gasteiger partial charge in [-0.15, -0.1) is 0 Å². The highest BCUT2D eigenvalue weighted by atomic mass is 16.5. The standard InChI is InChI=1S/C16H24N4O2/c1-5-6-7-8-11(2)18-16(21)15-9-14(19-22-15)13-10-17-20(4)12(13)3/h9-11H,5-8H2,1-4H3,(H,18,21)/t11-/m1/s1. The quantitative estimate of drug-likeness (QED) is 0.798. The van der Waals surface area contributed by atoms with E-state index in [1.165, 1.54) is 12.8 Å². The van der Waals surface area contributed by atoms with Gasteiger partial charge in [0.05, 0.1) is 6.20 Å². The van der Waals surface area contributed by atoms with Gasteiger partial charge in [-0.05, 0) is 20.3 Å². The van der Waals surface area contributed by atoms with E-state index in [2.05, 4.69) is 22.5 Å². The molecule has 6 nitrogen and oxygen atoms in total. The zero-order chi connectivity index (χ0) is 16.1. The second-order valence-electron chi connectivity index (χ2n) is 5.71. The number of unbranched alkanes of at least 4 members (excludes halogenated alkanes) is 2. The predicted molar refractivity (Wildman–Crippen MR) is 84.5 cm³/mol. The molecule has 120 valence electrons. The van der Waals surface area contributed by atoms with E-state index in [9.17, 15) is 4.79 Å². The summed E-state index contributed by atoms with van der Waals surface area (Å²) in [5, 5.41) is 11.1. The summed E-state index contributed by atoms with van der Waals surface area (Å²) in [4.78, 5) is 12.2. The molecule has 0 radical (unpaired) electrons. The van der Waals surface area contributed by atoms with Crippen LogP contribution < -0.4 is 5.32 Å². The van der Waals surface area contributed by atoms with Gasteiger partial charge in [-0.3, -0.25) is 9.48 Å². The van der Waals surface area contributed by atoms with Gasteiger partial charge in [0, 0.05) is 30.4 Å². The van der Waals surface area contributed by atoms with E-state index < -0.39 is 0 Å². The van der Waals surface area contributed by atoms with Crippen LogP contribution in [0, 0.1) is 6.92 Å². The van der Waals surface area contributed by atoms with Crippen LogP contribution in [-0.4, -0.2) is 26.9 Å².